The molecule has 0 saturated heterocycles. The number of aromatic nitrogens is 1. The predicted molar refractivity (Wildman–Crippen MR) is 113 cm³/mol. The summed E-state index contributed by atoms with van der Waals surface area (Å²) in [5, 5.41) is 2.89. The average Bonchev–Trinajstić information content (AvgIpc) is 3.22. The zero-order valence-electron chi connectivity index (χ0n) is 15.6. The van der Waals surface area contributed by atoms with E-state index in [4.69, 9.17) is 4.42 Å². The minimum absolute atomic E-state index is 0.135. The molecule has 0 fully saturated rings. The molecule has 4 rings (SSSR count). The van der Waals surface area contributed by atoms with Crippen LogP contribution in [0.1, 0.15) is 16.8 Å². The molecule has 0 aliphatic rings. The van der Waals surface area contributed by atoms with Gasteiger partial charge in [-0.15, -0.1) is 0 Å². The number of carbonyl (C=O) groups is 1. The lowest BCUT2D eigenvalue weighted by atomic mass is 10.1. The molecule has 0 atom stereocenters. The summed E-state index contributed by atoms with van der Waals surface area (Å²) in [5.41, 5.74) is 3.94. The summed E-state index contributed by atoms with van der Waals surface area (Å²) in [5.74, 6) is 6.58. The van der Waals surface area contributed by atoms with Crippen LogP contribution in [0.3, 0.4) is 0 Å². The van der Waals surface area contributed by atoms with Crippen LogP contribution in [-0.4, -0.2) is 10.9 Å². The van der Waals surface area contributed by atoms with Gasteiger partial charge in [0.15, 0.2) is 0 Å². The summed E-state index contributed by atoms with van der Waals surface area (Å²) >= 11 is 0. The van der Waals surface area contributed by atoms with Crippen LogP contribution < -0.4 is 5.32 Å². The number of hydrogen-bond acceptors (Lipinski definition) is 3. The van der Waals surface area contributed by atoms with Crippen LogP contribution in [0, 0.1) is 11.8 Å². The summed E-state index contributed by atoms with van der Waals surface area (Å²) in [4.78, 5) is 16.8. The van der Waals surface area contributed by atoms with E-state index in [0.29, 0.717) is 17.3 Å². The predicted octanol–water partition coefficient (Wildman–Crippen LogP) is 4.92. The Bertz CT molecular complexity index is 1170. The standard InChI is InChI=1S/C25H18N2O2/c28-24(17-23-18-29-25(27-23)21-11-5-2-6-12-21)26-22-13-7-10-20(16-22)15-14-19-8-3-1-4-9-19/h1-13,16,18H,17H2,(H,26,28). The van der Waals surface area contributed by atoms with Crippen molar-refractivity contribution in [1.29, 1.82) is 0 Å². The van der Waals surface area contributed by atoms with Crippen molar-refractivity contribution in [2.75, 3.05) is 5.32 Å². The molecule has 4 aromatic rings. The quantitative estimate of drug-likeness (QED) is 0.513. The maximum Gasteiger partial charge on any atom is 0.230 e. The fourth-order valence-corrected chi connectivity index (χ4v) is 2.81. The van der Waals surface area contributed by atoms with Crippen LogP contribution in [0.25, 0.3) is 11.5 Å². The van der Waals surface area contributed by atoms with Crippen molar-refractivity contribution in [2.45, 2.75) is 6.42 Å². The average molecular weight is 378 g/mol. The van der Waals surface area contributed by atoms with Crippen molar-refractivity contribution in [3.8, 4) is 23.3 Å². The molecule has 0 unspecified atom stereocenters. The van der Waals surface area contributed by atoms with Crippen molar-refractivity contribution in [3.05, 3.63) is 108 Å². The van der Waals surface area contributed by atoms with Crippen molar-refractivity contribution in [2.24, 2.45) is 0 Å². The molecule has 29 heavy (non-hydrogen) atoms. The lowest BCUT2D eigenvalue weighted by molar-refractivity contribution is -0.115. The Kier molecular flexibility index (Phi) is 5.50. The highest BCUT2D eigenvalue weighted by molar-refractivity contribution is 5.92. The van der Waals surface area contributed by atoms with E-state index < -0.39 is 0 Å². The van der Waals surface area contributed by atoms with E-state index in [1.165, 1.54) is 6.26 Å². The van der Waals surface area contributed by atoms with Crippen molar-refractivity contribution in [3.63, 3.8) is 0 Å². The molecular formula is C25H18N2O2. The molecule has 3 aromatic carbocycles. The molecule has 140 valence electrons. The Labute approximate surface area is 169 Å². The molecule has 1 N–H and O–H groups in total. The van der Waals surface area contributed by atoms with Crippen LogP contribution in [0.4, 0.5) is 5.69 Å². The third-order valence-electron chi connectivity index (χ3n) is 4.19. The molecule has 0 bridgehead atoms. The smallest absolute Gasteiger partial charge is 0.230 e. The second kappa shape index (κ2) is 8.73. The van der Waals surface area contributed by atoms with Gasteiger partial charge in [-0.05, 0) is 42.5 Å². The van der Waals surface area contributed by atoms with Crippen molar-refractivity contribution in [1.82, 2.24) is 4.98 Å². The van der Waals surface area contributed by atoms with Gasteiger partial charge in [-0.1, -0.05) is 54.3 Å². The first-order chi connectivity index (χ1) is 14.3. The SMILES string of the molecule is O=C(Cc1coc(-c2ccccc2)n1)Nc1cccc(C#Cc2ccccc2)c1. The summed E-state index contributed by atoms with van der Waals surface area (Å²) in [7, 11) is 0. The van der Waals surface area contributed by atoms with Gasteiger partial charge in [-0.3, -0.25) is 4.79 Å². The van der Waals surface area contributed by atoms with Crippen molar-refractivity contribution < 1.29 is 9.21 Å². The molecule has 4 heteroatoms. The van der Waals surface area contributed by atoms with Gasteiger partial charge in [0, 0.05) is 22.4 Å². The van der Waals surface area contributed by atoms with Crippen LogP contribution in [-0.2, 0) is 11.2 Å². The zero-order chi connectivity index (χ0) is 19.9. The minimum Gasteiger partial charge on any atom is -0.444 e. The number of anilines is 1. The first-order valence-electron chi connectivity index (χ1n) is 9.23. The van der Waals surface area contributed by atoms with Gasteiger partial charge in [0.25, 0.3) is 0 Å². The number of nitrogens with one attached hydrogen (secondary N) is 1. The normalized spacial score (nSPS) is 10.1. The van der Waals surface area contributed by atoms with Crippen LogP contribution >= 0.6 is 0 Å². The van der Waals surface area contributed by atoms with E-state index in [0.717, 1.165) is 16.7 Å². The lowest BCUT2D eigenvalue weighted by Gasteiger charge is -2.04. The van der Waals surface area contributed by atoms with E-state index in [-0.39, 0.29) is 12.3 Å². The van der Waals surface area contributed by atoms with Gasteiger partial charge >= 0.3 is 0 Å². The van der Waals surface area contributed by atoms with Crippen LogP contribution in [0.15, 0.2) is 95.6 Å². The first-order valence-corrected chi connectivity index (χ1v) is 9.23. The van der Waals surface area contributed by atoms with E-state index in [2.05, 4.69) is 22.1 Å². The number of oxazole rings is 1. The maximum absolute atomic E-state index is 12.4. The molecule has 0 aliphatic heterocycles. The number of rotatable bonds is 4. The van der Waals surface area contributed by atoms with Crippen molar-refractivity contribution >= 4 is 11.6 Å². The zero-order valence-corrected chi connectivity index (χ0v) is 15.6. The number of nitrogens with zero attached hydrogens (tertiary/aromatic N) is 1. The molecule has 0 spiro atoms. The molecule has 0 saturated carbocycles. The molecule has 1 amide bonds. The molecule has 4 nitrogen and oxygen atoms in total. The topological polar surface area (TPSA) is 55.1 Å². The Morgan fingerprint density at radius 1 is 0.862 bits per heavy atom. The molecule has 1 aromatic heterocycles. The monoisotopic (exact) mass is 378 g/mol. The van der Waals surface area contributed by atoms with Crippen LogP contribution in [0.2, 0.25) is 0 Å². The lowest BCUT2D eigenvalue weighted by Crippen LogP contribution is -2.14. The third-order valence-corrected chi connectivity index (χ3v) is 4.19. The molecular weight excluding hydrogens is 360 g/mol. The van der Waals surface area contributed by atoms with Gasteiger partial charge in [-0.25, -0.2) is 4.98 Å². The highest BCUT2D eigenvalue weighted by Gasteiger charge is 2.10. The Hall–Kier alpha value is -4.10. The van der Waals surface area contributed by atoms with Gasteiger partial charge in [0.1, 0.15) is 6.26 Å². The summed E-state index contributed by atoms with van der Waals surface area (Å²) in [6, 6.07) is 26.8. The minimum atomic E-state index is -0.161. The summed E-state index contributed by atoms with van der Waals surface area (Å²) in [6.07, 6.45) is 1.65. The number of carbonyl (C=O) groups excluding carboxylic acids is 1. The highest BCUT2D eigenvalue weighted by Crippen LogP contribution is 2.18. The van der Waals surface area contributed by atoms with E-state index in [1.807, 2.05) is 84.9 Å². The summed E-state index contributed by atoms with van der Waals surface area (Å²) < 4.78 is 5.49. The largest absolute Gasteiger partial charge is 0.444 e. The van der Waals surface area contributed by atoms with Gasteiger partial charge in [-0.2, -0.15) is 0 Å². The Morgan fingerprint density at radius 3 is 2.34 bits per heavy atom. The van der Waals surface area contributed by atoms with Crippen LogP contribution in [0.5, 0.6) is 0 Å². The number of hydrogen-bond donors (Lipinski definition) is 1. The van der Waals surface area contributed by atoms with E-state index >= 15 is 0 Å². The molecule has 1 heterocycles. The summed E-state index contributed by atoms with van der Waals surface area (Å²) in [6.45, 7) is 0. The number of amides is 1. The van der Waals surface area contributed by atoms with E-state index in [1.54, 1.807) is 0 Å². The number of benzene rings is 3. The molecule has 0 aliphatic carbocycles. The Morgan fingerprint density at radius 2 is 1.55 bits per heavy atom. The first kappa shape index (κ1) is 18.3. The fraction of sp³-hybridized carbons (Fsp3) is 0.0400. The van der Waals surface area contributed by atoms with Gasteiger partial charge in [0.2, 0.25) is 11.8 Å². The van der Waals surface area contributed by atoms with E-state index in [9.17, 15) is 4.79 Å². The second-order valence-corrected chi connectivity index (χ2v) is 6.43. The second-order valence-electron chi connectivity index (χ2n) is 6.43. The third kappa shape index (κ3) is 5.00. The Balaban J connectivity index is 1.40. The maximum atomic E-state index is 12.4. The van der Waals surface area contributed by atoms with Gasteiger partial charge in [0.05, 0.1) is 12.1 Å². The fourth-order valence-electron chi connectivity index (χ4n) is 2.81. The highest BCUT2D eigenvalue weighted by atomic mass is 16.3. The van der Waals surface area contributed by atoms with Gasteiger partial charge < -0.3 is 9.73 Å². The molecule has 0 radical (unpaired) electrons.